The van der Waals surface area contributed by atoms with Crippen LogP contribution in [0, 0.1) is 12.3 Å². The maximum Gasteiger partial charge on any atom is 0.00861 e. The Morgan fingerprint density at radius 3 is 2.11 bits per heavy atom. The molecule has 0 aromatic heterocycles. The number of unbranched alkanes of at least 4 members (excludes halogenated alkanes) is 2. The largest absolute Gasteiger partial charge is 0.120 e. The molecule has 0 nitrogen and oxygen atoms in total. The SMILES string of the molecule is C#CCCCCc1ccc(-c2ccccc2)cc1. The standard InChI is InChI=1S/C18H18/c1-2-3-4-6-9-16-12-14-18(15-13-16)17-10-7-5-8-11-17/h1,5,7-8,10-15H,3-4,6,9H2. The molecule has 0 aliphatic rings. The van der Waals surface area contributed by atoms with E-state index in [-0.39, 0.29) is 0 Å². The van der Waals surface area contributed by atoms with Crippen molar-refractivity contribution < 1.29 is 0 Å². The second-order valence-electron chi connectivity index (χ2n) is 4.47. The highest BCUT2D eigenvalue weighted by Gasteiger charge is 1.97. The molecule has 0 N–H and O–H groups in total. The van der Waals surface area contributed by atoms with Crippen molar-refractivity contribution in [2.24, 2.45) is 0 Å². The van der Waals surface area contributed by atoms with E-state index in [0.29, 0.717) is 0 Å². The third kappa shape index (κ3) is 3.50. The number of rotatable bonds is 5. The van der Waals surface area contributed by atoms with Crippen LogP contribution in [0.15, 0.2) is 54.6 Å². The van der Waals surface area contributed by atoms with Crippen LogP contribution in [0.2, 0.25) is 0 Å². The van der Waals surface area contributed by atoms with Crippen LogP contribution in [0.3, 0.4) is 0 Å². The predicted molar refractivity (Wildman–Crippen MR) is 78.3 cm³/mol. The lowest BCUT2D eigenvalue weighted by Crippen LogP contribution is -1.86. The fraction of sp³-hybridized carbons (Fsp3) is 0.222. The van der Waals surface area contributed by atoms with Crippen molar-refractivity contribution in [2.75, 3.05) is 0 Å². The lowest BCUT2D eigenvalue weighted by Gasteiger charge is -2.04. The van der Waals surface area contributed by atoms with Gasteiger partial charge in [0, 0.05) is 6.42 Å². The Hall–Kier alpha value is -2.00. The van der Waals surface area contributed by atoms with E-state index >= 15 is 0 Å². The van der Waals surface area contributed by atoms with Gasteiger partial charge in [0.1, 0.15) is 0 Å². The minimum absolute atomic E-state index is 0.891. The smallest absolute Gasteiger partial charge is 0.00861 e. The van der Waals surface area contributed by atoms with Crippen LogP contribution < -0.4 is 0 Å². The van der Waals surface area contributed by atoms with E-state index in [4.69, 9.17) is 6.42 Å². The zero-order chi connectivity index (χ0) is 12.6. The first-order valence-electron chi connectivity index (χ1n) is 6.48. The van der Waals surface area contributed by atoms with Crippen LogP contribution in [0.25, 0.3) is 11.1 Å². The molecule has 0 bridgehead atoms. The average Bonchev–Trinajstić information content (AvgIpc) is 2.45. The van der Waals surface area contributed by atoms with E-state index in [1.807, 2.05) is 6.07 Å². The fourth-order valence-electron chi connectivity index (χ4n) is 2.05. The third-order valence-corrected chi connectivity index (χ3v) is 3.10. The summed E-state index contributed by atoms with van der Waals surface area (Å²) in [7, 11) is 0. The van der Waals surface area contributed by atoms with Gasteiger partial charge in [0.15, 0.2) is 0 Å². The van der Waals surface area contributed by atoms with Crippen LogP contribution in [-0.2, 0) is 6.42 Å². The summed E-state index contributed by atoms with van der Waals surface area (Å²) in [5.74, 6) is 2.68. The monoisotopic (exact) mass is 234 g/mol. The molecule has 90 valence electrons. The first kappa shape index (κ1) is 12.5. The molecule has 2 aromatic carbocycles. The molecule has 0 saturated heterocycles. The summed E-state index contributed by atoms with van der Waals surface area (Å²) in [6.07, 6.45) is 9.55. The molecule has 0 spiro atoms. The molecular weight excluding hydrogens is 216 g/mol. The topological polar surface area (TPSA) is 0 Å². The van der Waals surface area contributed by atoms with Gasteiger partial charge in [-0.05, 0) is 36.0 Å². The molecule has 0 radical (unpaired) electrons. The molecule has 0 unspecified atom stereocenters. The van der Waals surface area contributed by atoms with Gasteiger partial charge in [-0.3, -0.25) is 0 Å². The maximum atomic E-state index is 5.24. The summed E-state index contributed by atoms with van der Waals surface area (Å²) in [4.78, 5) is 0. The molecule has 0 fully saturated rings. The van der Waals surface area contributed by atoms with Gasteiger partial charge < -0.3 is 0 Å². The van der Waals surface area contributed by atoms with E-state index in [0.717, 1.165) is 19.3 Å². The van der Waals surface area contributed by atoms with Gasteiger partial charge >= 0.3 is 0 Å². The second kappa shape index (κ2) is 6.67. The molecule has 0 amide bonds. The summed E-state index contributed by atoms with van der Waals surface area (Å²) in [6.45, 7) is 0. The summed E-state index contributed by atoms with van der Waals surface area (Å²) in [5.41, 5.74) is 3.95. The number of aryl methyl sites for hydroxylation is 1. The van der Waals surface area contributed by atoms with E-state index < -0.39 is 0 Å². The fourth-order valence-corrected chi connectivity index (χ4v) is 2.05. The average molecular weight is 234 g/mol. The Morgan fingerprint density at radius 1 is 0.778 bits per heavy atom. The molecule has 0 heteroatoms. The van der Waals surface area contributed by atoms with Gasteiger partial charge in [-0.1, -0.05) is 54.6 Å². The van der Waals surface area contributed by atoms with Crippen LogP contribution in [0.1, 0.15) is 24.8 Å². The molecule has 2 aromatic rings. The van der Waals surface area contributed by atoms with E-state index in [2.05, 4.69) is 54.5 Å². The third-order valence-electron chi connectivity index (χ3n) is 3.10. The number of benzene rings is 2. The van der Waals surface area contributed by atoms with E-state index in [1.165, 1.54) is 23.1 Å². The van der Waals surface area contributed by atoms with Crippen molar-refractivity contribution in [1.82, 2.24) is 0 Å². The van der Waals surface area contributed by atoms with E-state index in [9.17, 15) is 0 Å². The van der Waals surface area contributed by atoms with Crippen LogP contribution in [-0.4, -0.2) is 0 Å². The molecule has 0 atom stereocenters. The molecule has 0 aliphatic heterocycles. The Bertz CT molecular complexity index is 500. The highest BCUT2D eigenvalue weighted by atomic mass is 14.0. The molecule has 0 saturated carbocycles. The van der Waals surface area contributed by atoms with Crippen molar-refractivity contribution in [3.05, 3.63) is 60.2 Å². The van der Waals surface area contributed by atoms with Crippen LogP contribution in [0.5, 0.6) is 0 Å². The van der Waals surface area contributed by atoms with Gasteiger partial charge in [0.2, 0.25) is 0 Å². The molecule has 0 heterocycles. The lowest BCUT2D eigenvalue weighted by molar-refractivity contribution is 0.757. The Kier molecular flexibility index (Phi) is 4.61. The number of terminal acetylenes is 1. The van der Waals surface area contributed by atoms with Gasteiger partial charge in [-0.15, -0.1) is 12.3 Å². The predicted octanol–water partition coefficient (Wildman–Crippen LogP) is 4.70. The highest BCUT2D eigenvalue weighted by molar-refractivity contribution is 5.63. The van der Waals surface area contributed by atoms with Crippen molar-refractivity contribution in [3.8, 4) is 23.5 Å². The van der Waals surface area contributed by atoms with Crippen molar-refractivity contribution in [3.63, 3.8) is 0 Å². The number of hydrogen-bond donors (Lipinski definition) is 0. The Labute approximate surface area is 110 Å². The van der Waals surface area contributed by atoms with Gasteiger partial charge in [0.25, 0.3) is 0 Å². The minimum Gasteiger partial charge on any atom is -0.120 e. The molecule has 18 heavy (non-hydrogen) atoms. The van der Waals surface area contributed by atoms with Gasteiger partial charge in [-0.2, -0.15) is 0 Å². The van der Waals surface area contributed by atoms with E-state index in [1.54, 1.807) is 0 Å². The van der Waals surface area contributed by atoms with Crippen molar-refractivity contribution in [2.45, 2.75) is 25.7 Å². The van der Waals surface area contributed by atoms with Gasteiger partial charge in [-0.25, -0.2) is 0 Å². The second-order valence-corrected chi connectivity index (χ2v) is 4.47. The molecular formula is C18H18. The minimum atomic E-state index is 0.891. The molecule has 0 aliphatic carbocycles. The maximum absolute atomic E-state index is 5.24. The quantitative estimate of drug-likeness (QED) is 0.519. The zero-order valence-corrected chi connectivity index (χ0v) is 10.6. The lowest BCUT2D eigenvalue weighted by atomic mass is 10.0. The van der Waals surface area contributed by atoms with Gasteiger partial charge in [0.05, 0.1) is 0 Å². The summed E-state index contributed by atoms with van der Waals surface area (Å²) < 4.78 is 0. The Balaban J connectivity index is 1.96. The summed E-state index contributed by atoms with van der Waals surface area (Å²) in [5, 5.41) is 0. The van der Waals surface area contributed by atoms with Crippen LogP contribution >= 0.6 is 0 Å². The first-order chi connectivity index (χ1) is 8.90. The summed E-state index contributed by atoms with van der Waals surface area (Å²) in [6, 6.07) is 19.3. The van der Waals surface area contributed by atoms with Crippen molar-refractivity contribution >= 4 is 0 Å². The normalized spacial score (nSPS) is 9.94. The van der Waals surface area contributed by atoms with Crippen LogP contribution in [0.4, 0.5) is 0 Å². The Morgan fingerprint density at radius 2 is 1.44 bits per heavy atom. The van der Waals surface area contributed by atoms with Crippen molar-refractivity contribution in [1.29, 1.82) is 0 Å². The first-order valence-corrected chi connectivity index (χ1v) is 6.48. The number of hydrogen-bond acceptors (Lipinski definition) is 0. The molecule has 2 rings (SSSR count). The zero-order valence-electron chi connectivity index (χ0n) is 10.6. The summed E-state index contributed by atoms with van der Waals surface area (Å²) >= 11 is 0. The highest BCUT2D eigenvalue weighted by Crippen LogP contribution is 2.19.